The Bertz CT molecular complexity index is 282. The summed E-state index contributed by atoms with van der Waals surface area (Å²) in [5.41, 5.74) is 0. The molecule has 0 spiro atoms. The maximum atomic E-state index is 4.81. The molecule has 5 heteroatoms. The number of thioether (sulfide) groups is 1. The Morgan fingerprint density at radius 2 is 2.16 bits per heavy atom. The first-order chi connectivity index (χ1) is 8.83. The Morgan fingerprint density at radius 3 is 2.79 bits per heavy atom. The number of nitrogens with zero attached hydrogens (tertiary/aromatic N) is 2. The van der Waals surface area contributed by atoms with Crippen LogP contribution in [0.5, 0.6) is 0 Å². The van der Waals surface area contributed by atoms with Crippen LogP contribution in [-0.4, -0.2) is 48.0 Å². The molecule has 0 radical (unpaired) electrons. The molecule has 1 heterocycles. The van der Waals surface area contributed by atoms with Crippen molar-refractivity contribution in [1.29, 1.82) is 0 Å². The molecule has 1 atom stereocenters. The average molecular weight is 397 g/mol. The van der Waals surface area contributed by atoms with Gasteiger partial charge in [0.05, 0.1) is 0 Å². The number of hydrogen-bond acceptors (Lipinski definition) is 2. The minimum atomic E-state index is 0. The molecule has 0 amide bonds. The molecule has 1 aliphatic heterocycles. The number of guanidine groups is 1. The number of aliphatic imine (C=N–C) groups is 1. The smallest absolute Gasteiger partial charge is 0.193 e. The molecular formula is C14H28IN3S. The lowest BCUT2D eigenvalue weighted by Gasteiger charge is -2.34. The predicted molar refractivity (Wildman–Crippen MR) is 96.8 cm³/mol. The first-order valence-electron chi connectivity index (χ1n) is 7.48. The van der Waals surface area contributed by atoms with Crippen LogP contribution in [-0.2, 0) is 0 Å². The van der Waals surface area contributed by atoms with Crippen LogP contribution in [0, 0.1) is 5.92 Å². The van der Waals surface area contributed by atoms with E-state index in [-0.39, 0.29) is 24.0 Å². The SMILES string of the molecule is CCNC(=NCCC1CC1)N1CCSC(CC)C1.I. The standard InChI is InChI=1S/C14H27N3S.HI/c1-3-13-11-17(9-10-18-13)14(15-4-2)16-8-7-12-5-6-12;/h12-13H,3-11H2,1-2H3,(H,15,16);1H. The van der Waals surface area contributed by atoms with E-state index in [4.69, 9.17) is 4.99 Å². The highest BCUT2D eigenvalue weighted by atomic mass is 127. The molecule has 2 fully saturated rings. The van der Waals surface area contributed by atoms with E-state index < -0.39 is 0 Å². The molecule has 1 saturated heterocycles. The number of halogens is 1. The van der Waals surface area contributed by atoms with Crippen molar-refractivity contribution < 1.29 is 0 Å². The Hall–Kier alpha value is 0.350. The lowest BCUT2D eigenvalue weighted by Crippen LogP contribution is -2.48. The van der Waals surface area contributed by atoms with E-state index in [0.29, 0.717) is 0 Å². The predicted octanol–water partition coefficient (Wildman–Crippen LogP) is 3.20. The van der Waals surface area contributed by atoms with Crippen molar-refractivity contribution in [3.63, 3.8) is 0 Å². The Morgan fingerprint density at radius 1 is 1.37 bits per heavy atom. The van der Waals surface area contributed by atoms with Crippen molar-refractivity contribution in [2.75, 3.05) is 31.9 Å². The zero-order valence-corrected chi connectivity index (χ0v) is 15.4. The first kappa shape index (κ1) is 17.4. The molecule has 1 saturated carbocycles. The molecule has 0 aromatic heterocycles. The number of hydrogen-bond donors (Lipinski definition) is 1. The van der Waals surface area contributed by atoms with E-state index >= 15 is 0 Å². The van der Waals surface area contributed by atoms with E-state index in [0.717, 1.165) is 43.3 Å². The Kier molecular flexibility index (Phi) is 8.53. The normalized spacial score (nSPS) is 24.0. The van der Waals surface area contributed by atoms with Crippen molar-refractivity contribution in [1.82, 2.24) is 10.2 Å². The second-order valence-electron chi connectivity index (χ2n) is 5.31. The Balaban J connectivity index is 0.00000180. The van der Waals surface area contributed by atoms with E-state index in [1.165, 1.54) is 31.4 Å². The molecule has 19 heavy (non-hydrogen) atoms. The highest BCUT2D eigenvalue weighted by molar-refractivity contribution is 14.0. The molecule has 0 bridgehead atoms. The number of rotatable bonds is 5. The van der Waals surface area contributed by atoms with Gasteiger partial charge in [0.1, 0.15) is 0 Å². The van der Waals surface area contributed by atoms with Crippen LogP contribution >= 0.6 is 35.7 Å². The fourth-order valence-corrected chi connectivity index (χ4v) is 3.52. The fraction of sp³-hybridized carbons (Fsp3) is 0.929. The lowest BCUT2D eigenvalue weighted by molar-refractivity contribution is 0.408. The third-order valence-electron chi connectivity index (χ3n) is 3.72. The van der Waals surface area contributed by atoms with Crippen molar-refractivity contribution >= 4 is 41.7 Å². The van der Waals surface area contributed by atoms with Crippen LogP contribution in [0.3, 0.4) is 0 Å². The average Bonchev–Trinajstić information content (AvgIpc) is 3.22. The molecule has 1 unspecified atom stereocenters. The van der Waals surface area contributed by atoms with Crippen LogP contribution in [0.2, 0.25) is 0 Å². The van der Waals surface area contributed by atoms with Gasteiger partial charge in [0.15, 0.2) is 5.96 Å². The van der Waals surface area contributed by atoms with Crippen molar-refractivity contribution in [3.8, 4) is 0 Å². The molecule has 112 valence electrons. The zero-order valence-electron chi connectivity index (χ0n) is 12.2. The third kappa shape index (κ3) is 6.10. The van der Waals surface area contributed by atoms with E-state index in [1.54, 1.807) is 0 Å². The quantitative estimate of drug-likeness (QED) is 0.439. The molecule has 3 nitrogen and oxygen atoms in total. The first-order valence-corrected chi connectivity index (χ1v) is 8.53. The highest BCUT2D eigenvalue weighted by Gasteiger charge is 2.22. The second kappa shape index (κ2) is 9.32. The van der Waals surface area contributed by atoms with E-state index in [9.17, 15) is 0 Å². The molecule has 1 N–H and O–H groups in total. The largest absolute Gasteiger partial charge is 0.357 e. The highest BCUT2D eigenvalue weighted by Crippen LogP contribution is 2.32. The minimum absolute atomic E-state index is 0. The van der Waals surface area contributed by atoms with Gasteiger partial charge in [0.2, 0.25) is 0 Å². The van der Waals surface area contributed by atoms with Gasteiger partial charge in [-0.15, -0.1) is 24.0 Å². The molecule has 0 aromatic rings. The van der Waals surface area contributed by atoms with Gasteiger partial charge in [0.25, 0.3) is 0 Å². The van der Waals surface area contributed by atoms with Gasteiger partial charge in [-0.2, -0.15) is 11.8 Å². The summed E-state index contributed by atoms with van der Waals surface area (Å²) in [6.07, 6.45) is 5.42. The third-order valence-corrected chi connectivity index (χ3v) is 5.10. The van der Waals surface area contributed by atoms with Crippen LogP contribution in [0.15, 0.2) is 4.99 Å². The van der Waals surface area contributed by atoms with Crippen LogP contribution in [0.4, 0.5) is 0 Å². The Labute approximate surface area is 139 Å². The zero-order chi connectivity index (χ0) is 12.8. The molecule has 2 aliphatic rings. The summed E-state index contributed by atoms with van der Waals surface area (Å²) in [6.45, 7) is 8.74. The van der Waals surface area contributed by atoms with E-state index in [2.05, 4.69) is 35.8 Å². The van der Waals surface area contributed by atoms with Gasteiger partial charge in [-0.25, -0.2) is 0 Å². The molecule has 2 rings (SSSR count). The van der Waals surface area contributed by atoms with Crippen LogP contribution < -0.4 is 5.32 Å². The van der Waals surface area contributed by atoms with Gasteiger partial charge in [-0.3, -0.25) is 4.99 Å². The monoisotopic (exact) mass is 397 g/mol. The number of nitrogens with one attached hydrogen (secondary N) is 1. The summed E-state index contributed by atoms with van der Waals surface area (Å²) < 4.78 is 0. The summed E-state index contributed by atoms with van der Waals surface area (Å²) in [7, 11) is 0. The fourth-order valence-electron chi connectivity index (χ4n) is 2.34. The van der Waals surface area contributed by atoms with Gasteiger partial charge in [-0.05, 0) is 25.7 Å². The van der Waals surface area contributed by atoms with Gasteiger partial charge in [0, 0.05) is 37.2 Å². The lowest BCUT2D eigenvalue weighted by atomic mass is 10.3. The molecule has 0 aromatic carbocycles. The van der Waals surface area contributed by atoms with Crippen molar-refractivity contribution in [3.05, 3.63) is 0 Å². The maximum Gasteiger partial charge on any atom is 0.193 e. The van der Waals surface area contributed by atoms with Gasteiger partial charge in [-0.1, -0.05) is 19.8 Å². The van der Waals surface area contributed by atoms with Gasteiger partial charge >= 0.3 is 0 Å². The van der Waals surface area contributed by atoms with E-state index in [1.807, 2.05) is 0 Å². The van der Waals surface area contributed by atoms with Crippen LogP contribution in [0.25, 0.3) is 0 Å². The maximum absolute atomic E-state index is 4.81. The van der Waals surface area contributed by atoms with Crippen molar-refractivity contribution in [2.45, 2.75) is 44.8 Å². The summed E-state index contributed by atoms with van der Waals surface area (Å²) in [5.74, 6) is 3.37. The summed E-state index contributed by atoms with van der Waals surface area (Å²) in [4.78, 5) is 7.27. The second-order valence-corrected chi connectivity index (χ2v) is 6.72. The minimum Gasteiger partial charge on any atom is -0.357 e. The van der Waals surface area contributed by atoms with Crippen LogP contribution in [0.1, 0.15) is 39.5 Å². The topological polar surface area (TPSA) is 27.6 Å². The summed E-state index contributed by atoms with van der Waals surface area (Å²) in [6, 6.07) is 0. The summed E-state index contributed by atoms with van der Waals surface area (Å²) >= 11 is 2.12. The summed E-state index contributed by atoms with van der Waals surface area (Å²) in [5, 5.41) is 4.24. The van der Waals surface area contributed by atoms with Crippen molar-refractivity contribution in [2.24, 2.45) is 10.9 Å². The van der Waals surface area contributed by atoms with Gasteiger partial charge < -0.3 is 10.2 Å². The molecule has 1 aliphatic carbocycles. The molecular weight excluding hydrogens is 369 g/mol.